The molecule has 8 heteroatoms. The molecule has 2 saturated heterocycles. The van der Waals surface area contributed by atoms with E-state index in [0.29, 0.717) is 19.2 Å². The molecule has 2 unspecified atom stereocenters. The molecule has 2 aliphatic rings. The van der Waals surface area contributed by atoms with Crippen molar-refractivity contribution in [1.82, 2.24) is 15.3 Å². The molecule has 0 radical (unpaired) electrons. The Labute approximate surface area is 139 Å². The summed E-state index contributed by atoms with van der Waals surface area (Å²) in [6.07, 6.45) is 4.38. The molecule has 2 atom stereocenters. The molecule has 0 bridgehead atoms. The lowest BCUT2D eigenvalue weighted by atomic mass is 10.0. The normalized spacial score (nSPS) is 21.9. The zero-order chi connectivity index (χ0) is 16.2. The molecule has 0 spiro atoms. The van der Waals surface area contributed by atoms with Gasteiger partial charge in [0.2, 0.25) is 5.95 Å². The number of nitriles is 1. The van der Waals surface area contributed by atoms with E-state index in [1.807, 2.05) is 4.90 Å². The molecular formula is C15H18ClN5O2. The molecular weight excluding hydrogens is 318 g/mol. The van der Waals surface area contributed by atoms with E-state index in [2.05, 4.69) is 21.4 Å². The van der Waals surface area contributed by atoms with E-state index in [9.17, 15) is 10.1 Å². The van der Waals surface area contributed by atoms with Gasteiger partial charge < -0.3 is 15.0 Å². The Balaban J connectivity index is 1.75. The number of hydrogen-bond acceptors (Lipinski definition) is 6. The van der Waals surface area contributed by atoms with Crippen molar-refractivity contribution in [2.45, 2.75) is 25.3 Å². The molecule has 3 heterocycles. The van der Waals surface area contributed by atoms with Crippen LogP contribution in [0.4, 0.5) is 5.95 Å². The van der Waals surface area contributed by atoms with E-state index < -0.39 is 11.9 Å². The third-order valence-electron chi connectivity index (χ3n) is 4.20. The van der Waals surface area contributed by atoms with Gasteiger partial charge in [0.1, 0.15) is 6.04 Å². The van der Waals surface area contributed by atoms with Crippen molar-refractivity contribution in [3.05, 3.63) is 16.9 Å². The number of amides is 1. The van der Waals surface area contributed by atoms with Crippen molar-refractivity contribution in [2.24, 2.45) is 5.92 Å². The van der Waals surface area contributed by atoms with Crippen LogP contribution in [-0.4, -0.2) is 48.2 Å². The zero-order valence-corrected chi connectivity index (χ0v) is 13.4. The number of nitrogens with one attached hydrogen (secondary N) is 1. The van der Waals surface area contributed by atoms with E-state index in [-0.39, 0.29) is 16.6 Å². The van der Waals surface area contributed by atoms with Crippen LogP contribution < -0.4 is 10.2 Å². The Morgan fingerprint density at radius 3 is 2.96 bits per heavy atom. The second kappa shape index (κ2) is 7.11. The standard InChI is InChI=1S/C15H18ClN5O2/c16-11-8-18-15(21-4-1-2-5-21)20-13(11)14(22)19-12(7-17)10-3-6-23-9-10/h8,10,12H,1-6,9H2,(H,19,22). The second-order valence-corrected chi connectivity index (χ2v) is 6.17. The highest BCUT2D eigenvalue weighted by Crippen LogP contribution is 2.21. The first kappa shape index (κ1) is 16.0. The minimum Gasteiger partial charge on any atom is -0.381 e. The maximum Gasteiger partial charge on any atom is 0.272 e. The summed E-state index contributed by atoms with van der Waals surface area (Å²) in [5.74, 6) is 0.0636. The number of carbonyl (C=O) groups is 1. The molecule has 1 aromatic heterocycles. The lowest BCUT2D eigenvalue weighted by Crippen LogP contribution is -2.40. The van der Waals surface area contributed by atoms with Crippen molar-refractivity contribution >= 4 is 23.5 Å². The Kier molecular flexibility index (Phi) is 4.94. The summed E-state index contributed by atoms with van der Waals surface area (Å²) in [5, 5.41) is 12.2. The van der Waals surface area contributed by atoms with Crippen LogP contribution in [0.2, 0.25) is 5.02 Å². The molecule has 0 aromatic carbocycles. The van der Waals surface area contributed by atoms with E-state index >= 15 is 0 Å². The maximum absolute atomic E-state index is 12.5. The Hall–Kier alpha value is -1.91. The smallest absolute Gasteiger partial charge is 0.272 e. The van der Waals surface area contributed by atoms with Crippen LogP contribution >= 0.6 is 11.6 Å². The number of nitrogens with zero attached hydrogens (tertiary/aromatic N) is 4. The summed E-state index contributed by atoms with van der Waals surface area (Å²) >= 11 is 6.07. The molecule has 0 saturated carbocycles. The van der Waals surface area contributed by atoms with E-state index in [4.69, 9.17) is 16.3 Å². The number of carbonyl (C=O) groups excluding carboxylic acids is 1. The van der Waals surface area contributed by atoms with Crippen LogP contribution in [0.15, 0.2) is 6.20 Å². The fraction of sp³-hybridized carbons (Fsp3) is 0.600. The topological polar surface area (TPSA) is 91.1 Å². The monoisotopic (exact) mass is 335 g/mol. The highest BCUT2D eigenvalue weighted by Gasteiger charge is 2.28. The third-order valence-corrected chi connectivity index (χ3v) is 4.47. The van der Waals surface area contributed by atoms with Gasteiger partial charge in [-0.25, -0.2) is 9.97 Å². The van der Waals surface area contributed by atoms with Gasteiger partial charge in [-0.1, -0.05) is 11.6 Å². The lowest BCUT2D eigenvalue weighted by molar-refractivity contribution is 0.0926. The van der Waals surface area contributed by atoms with Gasteiger partial charge in [-0.15, -0.1) is 0 Å². The Bertz CT molecular complexity index is 621. The highest BCUT2D eigenvalue weighted by atomic mass is 35.5. The fourth-order valence-corrected chi connectivity index (χ4v) is 3.04. The largest absolute Gasteiger partial charge is 0.381 e. The van der Waals surface area contributed by atoms with Gasteiger partial charge in [0, 0.05) is 25.6 Å². The minimum atomic E-state index is -0.605. The fourth-order valence-electron chi connectivity index (χ4n) is 2.87. The predicted molar refractivity (Wildman–Crippen MR) is 84.3 cm³/mol. The summed E-state index contributed by atoms with van der Waals surface area (Å²) in [5.41, 5.74) is 0.114. The summed E-state index contributed by atoms with van der Waals surface area (Å²) in [6, 6.07) is 1.52. The number of hydrogen-bond donors (Lipinski definition) is 1. The quantitative estimate of drug-likeness (QED) is 0.894. The van der Waals surface area contributed by atoms with Gasteiger partial charge >= 0.3 is 0 Å². The zero-order valence-electron chi connectivity index (χ0n) is 12.7. The molecule has 0 aliphatic carbocycles. The van der Waals surface area contributed by atoms with Crippen LogP contribution in [-0.2, 0) is 4.74 Å². The van der Waals surface area contributed by atoms with Crippen LogP contribution in [0.3, 0.4) is 0 Å². The molecule has 1 N–H and O–H groups in total. The van der Waals surface area contributed by atoms with Crippen LogP contribution in [0.25, 0.3) is 0 Å². The highest BCUT2D eigenvalue weighted by molar-refractivity contribution is 6.33. The molecule has 1 amide bonds. The van der Waals surface area contributed by atoms with Crippen molar-refractivity contribution in [3.8, 4) is 6.07 Å². The first-order valence-corrected chi connectivity index (χ1v) is 8.12. The molecule has 23 heavy (non-hydrogen) atoms. The van der Waals surface area contributed by atoms with Gasteiger partial charge in [-0.3, -0.25) is 4.79 Å². The SMILES string of the molecule is N#CC(NC(=O)c1nc(N2CCCC2)ncc1Cl)C1CCOC1. The second-order valence-electron chi connectivity index (χ2n) is 5.76. The van der Waals surface area contributed by atoms with Crippen molar-refractivity contribution in [3.63, 3.8) is 0 Å². The summed E-state index contributed by atoms with van der Waals surface area (Å²) in [6.45, 7) is 2.85. The maximum atomic E-state index is 12.5. The first-order valence-electron chi connectivity index (χ1n) is 7.75. The average Bonchev–Trinajstić information content (AvgIpc) is 3.26. The first-order chi connectivity index (χ1) is 11.2. The van der Waals surface area contributed by atoms with Gasteiger partial charge in [-0.2, -0.15) is 5.26 Å². The van der Waals surface area contributed by atoms with Gasteiger partial charge in [-0.05, 0) is 19.3 Å². The summed E-state index contributed by atoms with van der Waals surface area (Å²) < 4.78 is 5.28. The minimum absolute atomic E-state index is 0.00242. The molecule has 2 aliphatic heterocycles. The molecule has 7 nitrogen and oxygen atoms in total. The Morgan fingerprint density at radius 1 is 1.52 bits per heavy atom. The van der Waals surface area contributed by atoms with Gasteiger partial charge in [0.05, 0.1) is 23.9 Å². The number of halogens is 1. The van der Waals surface area contributed by atoms with Crippen molar-refractivity contribution in [1.29, 1.82) is 5.26 Å². The number of ether oxygens (including phenoxy) is 1. The van der Waals surface area contributed by atoms with Crippen molar-refractivity contribution < 1.29 is 9.53 Å². The number of rotatable bonds is 4. The van der Waals surface area contributed by atoms with Gasteiger partial charge in [0.25, 0.3) is 5.91 Å². The van der Waals surface area contributed by atoms with Crippen LogP contribution in [0.1, 0.15) is 29.8 Å². The van der Waals surface area contributed by atoms with Crippen LogP contribution in [0, 0.1) is 17.2 Å². The molecule has 1 aromatic rings. The predicted octanol–water partition coefficient (Wildman–Crippen LogP) is 1.39. The lowest BCUT2D eigenvalue weighted by Gasteiger charge is -2.18. The summed E-state index contributed by atoms with van der Waals surface area (Å²) in [7, 11) is 0. The van der Waals surface area contributed by atoms with E-state index in [1.54, 1.807) is 0 Å². The molecule has 122 valence electrons. The van der Waals surface area contributed by atoms with Crippen LogP contribution in [0.5, 0.6) is 0 Å². The number of aromatic nitrogens is 2. The molecule has 2 fully saturated rings. The third kappa shape index (κ3) is 3.54. The van der Waals surface area contributed by atoms with Crippen molar-refractivity contribution in [2.75, 3.05) is 31.2 Å². The number of anilines is 1. The van der Waals surface area contributed by atoms with Gasteiger partial charge in [0.15, 0.2) is 5.69 Å². The average molecular weight is 336 g/mol. The Morgan fingerprint density at radius 2 is 2.30 bits per heavy atom. The van der Waals surface area contributed by atoms with E-state index in [1.165, 1.54) is 6.20 Å². The van der Waals surface area contributed by atoms with E-state index in [0.717, 1.165) is 32.4 Å². The summed E-state index contributed by atoms with van der Waals surface area (Å²) in [4.78, 5) is 23.0. The molecule has 3 rings (SSSR count).